The van der Waals surface area contributed by atoms with Crippen molar-refractivity contribution in [2.45, 2.75) is 6.42 Å². The van der Waals surface area contributed by atoms with Crippen LogP contribution in [-0.2, 0) is 11.2 Å². The predicted molar refractivity (Wildman–Crippen MR) is 77.8 cm³/mol. The van der Waals surface area contributed by atoms with Crippen molar-refractivity contribution in [3.63, 3.8) is 0 Å². The molecule has 0 saturated heterocycles. The van der Waals surface area contributed by atoms with E-state index in [2.05, 4.69) is 20.6 Å². The summed E-state index contributed by atoms with van der Waals surface area (Å²) in [5.41, 5.74) is 2.24. The van der Waals surface area contributed by atoms with E-state index < -0.39 is 0 Å². The minimum atomic E-state index is -0.146. The molecule has 0 aliphatic carbocycles. The Labute approximate surface area is 121 Å². The number of carbonyl (C=O) groups excluding carboxylic acids is 1. The summed E-state index contributed by atoms with van der Waals surface area (Å²) in [5, 5.41) is 6.27. The van der Waals surface area contributed by atoms with Crippen LogP contribution >= 0.6 is 11.6 Å². The zero-order valence-electron chi connectivity index (χ0n) is 10.6. The zero-order chi connectivity index (χ0) is 13.9. The first-order valence-corrected chi connectivity index (χ1v) is 6.71. The molecule has 1 aliphatic heterocycles. The van der Waals surface area contributed by atoms with Gasteiger partial charge in [0.25, 0.3) is 0 Å². The maximum atomic E-state index is 12.2. The van der Waals surface area contributed by atoms with Gasteiger partial charge in [0.2, 0.25) is 11.9 Å². The van der Waals surface area contributed by atoms with Gasteiger partial charge in [0, 0.05) is 18.4 Å². The smallest absolute Gasteiger partial charge is 0.231 e. The van der Waals surface area contributed by atoms with Gasteiger partial charge in [0.05, 0.1) is 5.92 Å². The molecule has 1 amide bonds. The van der Waals surface area contributed by atoms with Crippen LogP contribution in [0.4, 0.5) is 11.6 Å². The number of para-hydroxylation sites is 1. The third-order valence-corrected chi connectivity index (χ3v) is 3.46. The van der Waals surface area contributed by atoms with E-state index >= 15 is 0 Å². The number of nitrogens with one attached hydrogen (secondary N) is 2. The number of aromatic nitrogens is 2. The van der Waals surface area contributed by atoms with Crippen LogP contribution in [0.15, 0.2) is 36.5 Å². The van der Waals surface area contributed by atoms with Crippen molar-refractivity contribution in [3.05, 3.63) is 47.2 Å². The molecule has 1 atom stereocenters. The highest BCUT2D eigenvalue weighted by molar-refractivity contribution is 6.29. The third-order valence-electron chi connectivity index (χ3n) is 3.25. The highest BCUT2D eigenvalue weighted by Gasteiger charge is 2.24. The van der Waals surface area contributed by atoms with Crippen LogP contribution in [0.1, 0.15) is 5.56 Å². The summed E-state index contributed by atoms with van der Waals surface area (Å²) < 4.78 is 0. The standard InChI is InChI=1S/C14H13ClN4O/c15-12-5-6-16-14(18-12)19-13(20)10-7-9-3-1-2-4-11(9)17-8-10/h1-6,10,17H,7-8H2,(H,16,18,19,20). The molecule has 1 aliphatic rings. The summed E-state index contributed by atoms with van der Waals surface area (Å²) in [5.74, 6) is -0.0110. The Bertz CT molecular complexity index is 647. The summed E-state index contributed by atoms with van der Waals surface area (Å²) >= 11 is 5.77. The molecular weight excluding hydrogens is 276 g/mol. The maximum absolute atomic E-state index is 12.2. The second-order valence-electron chi connectivity index (χ2n) is 4.63. The molecule has 6 heteroatoms. The van der Waals surface area contributed by atoms with Gasteiger partial charge in [0.1, 0.15) is 5.15 Å². The van der Waals surface area contributed by atoms with Gasteiger partial charge in [-0.2, -0.15) is 0 Å². The van der Waals surface area contributed by atoms with Gasteiger partial charge in [-0.15, -0.1) is 0 Å². The van der Waals surface area contributed by atoms with Crippen LogP contribution in [0.5, 0.6) is 0 Å². The molecule has 20 heavy (non-hydrogen) atoms. The van der Waals surface area contributed by atoms with E-state index in [-0.39, 0.29) is 17.8 Å². The molecule has 2 heterocycles. The Morgan fingerprint density at radius 1 is 1.35 bits per heavy atom. The topological polar surface area (TPSA) is 66.9 Å². The number of amides is 1. The fraction of sp³-hybridized carbons (Fsp3) is 0.214. The average molecular weight is 289 g/mol. The van der Waals surface area contributed by atoms with Gasteiger partial charge in [-0.1, -0.05) is 29.8 Å². The lowest BCUT2D eigenvalue weighted by Gasteiger charge is -2.25. The van der Waals surface area contributed by atoms with E-state index in [0.717, 1.165) is 11.3 Å². The van der Waals surface area contributed by atoms with Crippen LogP contribution in [0, 0.1) is 5.92 Å². The molecule has 2 aromatic rings. The SMILES string of the molecule is O=C(Nc1nccc(Cl)n1)C1CNc2ccccc2C1. The van der Waals surface area contributed by atoms with Crippen molar-refractivity contribution in [1.82, 2.24) is 9.97 Å². The number of nitrogens with zero attached hydrogens (tertiary/aromatic N) is 2. The van der Waals surface area contributed by atoms with Crippen molar-refractivity contribution in [1.29, 1.82) is 0 Å². The predicted octanol–water partition coefficient (Wildman–Crippen LogP) is 2.35. The van der Waals surface area contributed by atoms with Crippen LogP contribution < -0.4 is 10.6 Å². The largest absolute Gasteiger partial charge is 0.384 e. The van der Waals surface area contributed by atoms with Crippen LogP contribution in [0.2, 0.25) is 5.15 Å². The van der Waals surface area contributed by atoms with Gasteiger partial charge in [0.15, 0.2) is 0 Å². The fourth-order valence-corrected chi connectivity index (χ4v) is 2.37. The molecule has 1 aromatic carbocycles. The van der Waals surface area contributed by atoms with E-state index in [1.54, 1.807) is 6.07 Å². The highest BCUT2D eigenvalue weighted by Crippen LogP contribution is 2.24. The Hall–Kier alpha value is -2.14. The van der Waals surface area contributed by atoms with Gasteiger partial charge < -0.3 is 5.32 Å². The van der Waals surface area contributed by atoms with Crippen molar-refractivity contribution < 1.29 is 4.79 Å². The molecule has 0 radical (unpaired) electrons. The lowest BCUT2D eigenvalue weighted by atomic mass is 9.93. The van der Waals surface area contributed by atoms with Crippen LogP contribution in [0.25, 0.3) is 0 Å². The lowest BCUT2D eigenvalue weighted by Crippen LogP contribution is -2.34. The molecule has 0 saturated carbocycles. The number of hydrogen-bond donors (Lipinski definition) is 2. The molecule has 1 aromatic heterocycles. The number of anilines is 2. The Morgan fingerprint density at radius 3 is 3.05 bits per heavy atom. The van der Waals surface area contributed by atoms with E-state index in [1.165, 1.54) is 6.20 Å². The van der Waals surface area contributed by atoms with Gasteiger partial charge >= 0.3 is 0 Å². The molecule has 3 rings (SSSR count). The number of carbonyl (C=O) groups is 1. The van der Waals surface area contributed by atoms with Crippen LogP contribution in [0.3, 0.4) is 0 Å². The summed E-state index contributed by atoms with van der Waals surface area (Å²) in [7, 11) is 0. The Kier molecular flexibility index (Phi) is 3.52. The monoisotopic (exact) mass is 288 g/mol. The zero-order valence-corrected chi connectivity index (χ0v) is 11.4. The highest BCUT2D eigenvalue weighted by atomic mass is 35.5. The van der Waals surface area contributed by atoms with E-state index in [9.17, 15) is 4.79 Å². The average Bonchev–Trinajstić information content (AvgIpc) is 2.47. The molecule has 0 fully saturated rings. The summed E-state index contributed by atoms with van der Waals surface area (Å²) in [6.45, 7) is 0.601. The van der Waals surface area contributed by atoms with Crippen molar-refractivity contribution in [3.8, 4) is 0 Å². The Balaban J connectivity index is 1.70. The molecule has 0 bridgehead atoms. The van der Waals surface area contributed by atoms with E-state index in [1.807, 2.05) is 24.3 Å². The summed E-state index contributed by atoms with van der Waals surface area (Å²) in [4.78, 5) is 20.1. The van der Waals surface area contributed by atoms with Gasteiger partial charge in [-0.05, 0) is 24.1 Å². The molecular formula is C14H13ClN4O. The number of benzene rings is 1. The number of fused-ring (bicyclic) bond motifs is 1. The minimum absolute atomic E-state index is 0.103. The number of halogens is 1. The van der Waals surface area contributed by atoms with Gasteiger partial charge in [-0.25, -0.2) is 9.97 Å². The quantitative estimate of drug-likeness (QED) is 0.833. The third kappa shape index (κ3) is 2.72. The van der Waals surface area contributed by atoms with Crippen molar-refractivity contribution in [2.24, 2.45) is 5.92 Å². The molecule has 2 N–H and O–H groups in total. The first kappa shape index (κ1) is 12.9. The normalized spacial score (nSPS) is 16.9. The number of rotatable bonds is 2. The molecule has 1 unspecified atom stereocenters. The lowest BCUT2D eigenvalue weighted by molar-refractivity contribution is -0.119. The second kappa shape index (κ2) is 5.46. The van der Waals surface area contributed by atoms with E-state index in [0.29, 0.717) is 18.1 Å². The minimum Gasteiger partial charge on any atom is -0.384 e. The van der Waals surface area contributed by atoms with Crippen LogP contribution in [-0.4, -0.2) is 22.4 Å². The maximum Gasteiger partial charge on any atom is 0.231 e. The van der Waals surface area contributed by atoms with E-state index in [4.69, 9.17) is 11.6 Å². The van der Waals surface area contributed by atoms with Crippen molar-refractivity contribution >= 4 is 29.1 Å². The van der Waals surface area contributed by atoms with Crippen molar-refractivity contribution in [2.75, 3.05) is 17.2 Å². The van der Waals surface area contributed by atoms with Gasteiger partial charge in [-0.3, -0.25) is 10.1 Å². The summed E-state index contributed by atoms with van der Waals surface area (Å²) in [6, 6.07) is 9.56. The first-order valence-electron chi connectivity index (χ1n) is 6.33. The molecule has 102 valence electrons. The summed E-state index contributed by atoms with van der Waals surface area (Å²) in [6.07, 6.45) is 2.22. The molecule has 5 nitrogen and oxygen atoms in total. The molecule has 0 spiro atoms. The Morgan fingerprint density at radius 2 is 2.20 bits per heavy atom. The second-order valence-corrected chi connectivity index (χ2v) is 5.02. The fourth-order valence-electron chi connectivity index (χ4n) is 2.24. The first-order chi connectivity index (χ1) is 9.72. The number of hydrogen-bond acceptors (Lipinski definition) is 4.